The fourth-order valence-corrected chi connectivity index (χ4v) is 2.02. The molecule has 2 N–H and O–H groups in total. The number of halogens is 1. The summed E-state index contributed by atoms with van der Waals surface area (Å²) in [7, 11) is 0. The summed E-state index contributed by atoms with van der Waals surface area (Å²) in [5, 5.41) is 0. The Balaban J connectivity index is 2.13. The standard InChI is InChI=1S/C17H20FNO/c1-3-4-13-5-8-15(9-6-13)20-17-10-7-14(12(2)19)11-16(17)18/h5-12H,3-4,19H2,1-2H3/t12-/m0/s1. The average molecular weight is 273 g/mol. The van der Waals surface area contributed by atoms with Crippen molar-refractivity contribution in [2.45, 2.75) is 32.7 Å². The third kappa shape index (κ3) is 3.58. The molecule has 106 valence electrons. The van der Waals surface area contributed by atoms with E-state index in [-0.39, 0.29) is 11.8 Å². The molecule has 0 saturated carbocycles. The van der Waals surface area contributed by atoms with Gasteiger partial charge in [-0.1, -0.05) is 31.5 Å². The first-order valence-corrected chi connectivity index (χ1v) is 6.92. The van der Waals surface area contributed by atoms with Crippen molar-refractivity contribution in [3.8, 4) is 11.5 Å². The van der Waals surface area contributed by atoms with Gasteiger partial charge in [0, 0.05) is 6.04 Å². The molecular formula is C17H20FNO. The van der Waals surface area contributed by atoms with Crippen LogP contribution in [-0.4, -0.2) is 0 Å². The van der Waals surface area contributed by atoms with Crippen molar-refractivity contribution in [3.63, 3.8) is 0 Å². The fourth-order valence-electron chi connectivity index (χ4n) is 2.02. The summed E-state index contributed by atoms with van der Waals surface area (Å²) in [4.78, 5) is 0. The van der Waals surface area contributed by atoms with E-state index in [0.717, 1.165) is 18.4 Å². The predicted octanol–water partition coefficient (Wildman–Crippen LogP) is 4.59. The van der Waals surface area contributed by atoms with E-state index in [2.05, 4.69) is 6.92 Å². The number of ether oxygens (including phenoxy) is 1. The van der Waals surface area contributed by atoms with Crippen LogP contribution in [0.1, 0.15) is 37.4 Å². The zero-order valence-corrected chi connectivity index (χ0v) is 11.9. The molecule has 0 saturated heterocycles. The minimum absolute atomic E-state index is 0.188. The van der Waals surface area contributed by atoms with Crippen LogP contribution in [0.5, 0.6) is 11.5 Å². The van der Waals surface area contributed by atoms with Crippen LogP contribution in [0.3, 0.4) is 0 Å². The quantitative estimate of drug-likeness (QED) is 0.864. The summed E-state index contributed by atoms with van der Waals surface area (Å²) in [6.07, 6.45) is 2.14. The van der Waals surface area contributed by atoms with Crippen LogP contribution in [0.15, 0.2) is 42.5 Å². The molecule has 0 aromatic heterocycles. The summed E-state index contributed by atoms with van der Waals surface area (Å²) in [6.45, 7) is 3.96. The highest BCUT2D eigenvalue weighted by Gasteiger charge is 2.08. The minimum atomic E-state index is -0.391. The molecule has 0 aliphatic rings. The second kappa shape index (κ2) is 6.53. The van der Waals surface area contributed by atoms with Gasteiger partial charge in [0.05, 0.1) is 0 Å². The van der Waals surface area contributed by atoms with E-state index >= 15 is 0 Å². The molecule has 0 heterocycles. The molecule has 0 bridgehead atoms. The molecule has 0 unspecified atom stereocenters. The lowest BCUT2D eigenvalue weighted by Gasteiger charge is -2.10. The normalized spacial score (nSPS) is 12.2. The third-order valence-electron chi connectivity index (χ3n) is 3.17. The number of nitrogens with two attached hydrogens (primary N) is 1. The van der Waals surface area contributed by atoms with E-state index in [9.17, 15) is 4.39 Å². The summed E-state index contributed by atoms with van der Waals surface area (Å²) >= 11 is 0. The maximum atomic E-state index is 13.9. The Kier molecular flexibility index (Phi) is 4.74. The molecule has 2 aromatic rings. The topological polar surface area (TPSA) is 35.2 Å². The Morgan fingerprint density at radius 3 is 2.40 bits per heavy atom. The highest BCUT2D eigenvalue weighted by atomic mass is 19.1. The van der Waals surface area contributed by atoms with Crippen molar-refractivity contribution in [1.82, 2.24) is 0 Å². The molecule has 0 aliphatic carbocycles. The van der Waals surface area contributed by atoms with Crippen LogP contribution in [0, 0.1) is 5.82 Å². The largest absolute Gasteiger partial charge is 0.454 e. The van der Waals surface area contributed by atoms with Gasteiger partial charge in [0.2, 0.25) is 0 Å². The molecule has 2 aromatic carbocycles. The van der Waals surface area contributed by atoms with Crippen LogP contribution >= 0.6 is 0 Å². The van der Waals surface area contributed by atoms with Gasteiger partial charge in [-0.25, -0.2) is 4.39 Å². The van der Waals surface area contributed by atoms with Gasteiger partial charge in [-0.15, -0.1) is 0 Å². The fraction of sp³-hybridized carbons (Fsp3) is 0.294. The molecule has 0 fully saturated rings. The van der Waals surface area contributed by atoms with Crippen molar-refractivity contribution in [2.24, 2.45) is 5.73 Å². The predicted molar refractivity (Wildman–Crippen MR) is 79.5 cm³/mol. The average Bonchev–Trinajstić information content (AvgIpc) is 2.43. The van der Waals surface area contributed by atoms with E-state index in [0.29, 0.717) is 5.75 Å². The van der Waals surface area contributed by atoms with Gasteiger partial charge in [0.25, 0.3) is 0 Å². The molecule has 0 aliphatic heterocycles. The highest BCUT2D eigenvalue weighted by molar-refractivity contribution is 5.36. The molecule has 2 nitrogen and oxygen atoms in total. The molecule has 1 atom stereocenters. The lowest BCUT2D eigenvalue weighted by molar-refractivity contribution is 0.441. The monoisotopic (exact) mass is 273 g/mol. The van der Waals surface area contributed by atoms with Crippen LogP contribution in [-0.2, 0) is 6.42 Å². The van der Waals surface area contributed by atoms with Crippen LogP contribution < -0.4 is 10.5 Å². The first kappa shape index (κ1) is 14.5. The Labute approximate surface area is 119 Å². The van der Waals surface area contributed by atoms with Gasteiger partial charge in [0.1, 0.15) is 5.75 Å². The van der Waals surface area contributed by atoms with Crippen molar-refractivity contribution < 1.29 is 9.13 Å². The molecular weight excluding hydrogens is 253 g/mol. The molecule has 2 rings (SSSR count). The van der Waals surface area contributed by atoms with Crippen molar-refractivity contribution in [2.75, 3.05) is 0 Å². The summed E-state index contributed by atoms with van der Waals surface area (Å²) in [5.41, 5.74) is 7.74. The van der Waals surface area contributed by atoms with Gasteiger partial charge in [-0.2, -0.15) is 0 Å². The lowest BCUT2D eigenvalue weighted by Crippen LogP contribution is -2.05. The van der Waals surface area contributed by atoms with E-state index < -0.39 is 5.82 Å². The van der Waals surface area contributed by atoms with Crippen molar-refractivity contribution in [1.29, 1.82) is 0 Å². The van der Waals surface area contributed by atoms with Crippen LogP contribution in [0.2, 0.25) is 0 Å². The second-order valence-corrected chi connectivity index (χ2v) is 4.97. The number of hydrogen-bond donors (Lipinski definition) is 1. The zero-order chi connectivity index (χ0) is 14.5. The summed E-state index contributed by atoms with van der Waals surface area (Å²) in [5.74, 6) is 0.465. The van der Waals surface area contributed by atoms with Gasteiger partial charge < -0.3 is 10.5 Å². The minimum Gasteiger partial charge on any atom is -0.454 e. The van der Waals surface area contributed by atoms with E-state index in [4.69, 9.17) is 10.5 Å². The molecule has 0 radical (unpaired) electrons. The number of hydrogen-bond acceptors (Lipinski definition) is 2. The van der Waals surface area contributed by atoms with Crippen LogP contribution in [0.25, 0.3) is 0 Å². The van der Waals surface area contributed by atoms with E-state index in [1.807, 2.05) is 31.2 Å². The van der Waals surface area contributed by atoms with Crippen molar-refractivity contribution in [3.05, 3.63) is 59.4 Å². The Morgan fingerprint density at radius 2 is 1.85 bits per heavy atom. The van der Waals surface area contributed by atoms with Gasteiger partial charge >= 0.3 is 0 Å². The number of rotatable bonds is 5. The first-order valence-electron chi connectivity index (χ1n) is 6.92. The zero-order valence-electron chi connectivity index (χ0n) is 11.9. The van der Waals surface area contributed by atoms with Crippen molar-refractivity contribution >= 4 is 0 Å². The van der Waals surface area contributed by atoms with E-state index in [1.165, 1.54) is 11.6 Å². The SMILES string of the molecule is CCCc1ccc(Oc2ccc([C@H](C)N)cc2F)cc1. The Morgan fingerprint density at radius 1 is 1.15 bits per heavy atom. The van der Waals surface area contributed by atoms with Gasteiger partial charge in [-0.05, 0) is 48.7 Å². The second-order valence-electron chi connectivity index (χ2n) is 4.97. The molecule has 0 spiro atoms. The van der Waals surface area contributed by atoms with Gasteiger partial charge in [0.15, 0.2) is 11.6 Å². The lowest BCUT2D eigenvalue weighted by atomic mass is 10.1. The number of benzene rings is 2. The van der Waals surface area contributed by atoms with Crippen LogP contribution in [0.4, 0.5) is 4.39 Å². The third-order valence-corrected chi connectivity index (χ3v) is 3.17. The Hall–Kier alpha value is -1.87. The molecule has 0 amide bonds. The Bertz CT molecular complexity index is 564. The summed E-state index contributed by atoms with van der Waals surface area (Å²) in [6, 6.07) is 12.4. The molecule has 3 heteroatoms. The smallest absolute Gasteiger partial charge is 0.166 e. The van der Waals surface area contributed by atoms with E-state index in [1.54, 1.807) is 12.1 Å². The maximum absolute atomic E-state index is 13.9. The number of aryl methyl sites for hydroxylation is 1. The summed E-state index contributed by atoms with van der Waals surface area (Å²) < 4.78 is 19.5. The van der Waals surface area contributed by atoms with Gasteiger partial charge in [-0.3, -0.25) is 0 Å². The maximum Gasteiger partial charge on any atom is 0.166 e. The first-order chi connectivity index (χ1) is 9.60. The highest BCUT2D eigenvalue weighted by Crippen LogP contribution is 2.26. The molecule has 20 heavy (non-hydrogen) atoms.